The minimum absolute atomic E-state index is 0.0120. The van der Waals surface area contributed by atoms with E-state index in [1.165, 1.54) is 0 Å². The molecule has 2 N–H and O–H groups in total. The molecular formula is C19H28O4. The highest BCUT2D eigenvalue weighted by Crippen LogP contribution is 2.49. The molecular weight excluding hydrogens is 292 g/mol. The fraction of sp³-hybridized carbons (Fsp3) is 0.684. The molecule has 128 valence electrons. The highest BCUT2D eigenvalue weighted by atomic mass is 16.3. The fourth-order valence-corrected chi connectivity index (χ4v) is 4.13. The van der Waals surface area contributed by atoms with Crippen LogP contribution in [0.2, 0.25) is 0 Å². The van der Waals surface area contributed by atoms with Crippen molar-refractivity contribution in [1.82, 2.24) is 0 Å². The Bertz CT molecular complexity index is 558. The third-order valence-electron chi connectivity index (χ3n) is 5.74. The molecule has 1 saturated carbocycles. The Labute approximate surface area is 138 Å². The van der Waals surface area contributed by atoms with Gasteiger partial charge in [-0.2, -0.15) is 0 Å². The third kappa shape index (κ3) is 3.20. The average Bonchev–Trinajstić information content (AvgIpc) is 2.42. The van der Waals surface area contributed by atoms with Crippen molar-refractivity contribution in [2.24, 2.45) is 11.3 Å². The van der Waals surface area contributed by atoms with Gasteiger partial charge in [-0.25, -0.2) is 0 Å². The average molecular weight is 320 g/mol. The van der Waals surface area contributed by atoms with Crippen molar-refractivity contribution < 1.29 is 19.8 Å². The van der Waals surface area contributed by atoms with Crippen LogP contribution >= 0.6 is 0 Å². The predicted molar refractivity (Wildman–Crippen MR) is 88.8 cm³/mol. The Morgan fingerprint density at radius 1 is 1.17 bits per heavy atom. The lowest BCUT2D eigenvalue weighted by Crippen LogP contribution is -2.62. The summed E-state index contributed by atoms with van der Waals surface area (Å²) in [6.45, 7) is 9.44. The summed E-state index contributed by atoms with van der Waals surface area (Å²) in [4.78, 5) is 25.2. The summed E-state index contributed by atoms with van der Waals surface area (Å²) >= 11 is 0. The molecule has 2 bridgehead atoms. The van der Waals surface area contributed by atoms with Crippen LogP contribution in [0, 0.1) is 11.3 Å². The molecule has 3 atom stereocenters. The first-order valence-electron chi connectivity index (χ1n) is 8.40. The van der Waals surface area contributed by atoms with Crippen LogP contribution in [-0.2, 0) is 9.59 Å². The summed E-state index contributed by atoms with van der Waals surface area (Å²) in [5.41, 5.74) is -1.09. The van der Waals surface area contributed by atoms with E-state index < -0.39 is 22.9 Å². The van der Waals surface area contributed by atoms with Crippen LogP contribution in [0.1, 0.15) is 59.3 Å². The molecule has 0 aromatic heterocycles. The first kappa shape index (κ1) is 18.1. The van der Waals surface area contributed by atoms with Gasteiger partial charge in [-0.15, -0.1) is 0 Å². The zero-order valence-electron chi connectivity index (χ0n) is 14.4. The number of aliphatic hydroxyl groups is 2. The largest absolute Gasteiger partial charge is 0.389 e. The summed E-state index contributed by atoms with van der Waals surface area (Å²) in [6.07, 6.45) is 3.87. The molecule has 0 amide bonds. The Hall–Kier alpha value is -1.26. The van der Waals surface area contributed by atoms with E-state index in [0.29, 0.717) is 18.4 Å². The van der Waals surface area contributed by atoms with Gasteiger partial charge in [0.05, 0.1) is 6.10 Å². The Morgan fingerprint density at radius 2 is 1.78 bits per heavy atom. The van der Waals surface area contributed by atoms with Crippen LogP contribution in [0.3, 0.4) is 0 Å². The monoisotopic (exact) mass is 320 g/mol. The second-order valence-electron chi connectivity index (χ2n) is 7.76. The zero-order chi connectivity index (χ0) is 17.4. The van der Waals surface area contributed by atoms with Crippen molar-refractivity contribution in [3.63, 3.8) is 0 Å². The number of hydrogen-bond donors (Lipinski definition) is 2. The summed E-state index contributed by atoms with van der Waals surface area (Å²) in [6, 6.07) is 0. The molecule has 0 spiro atoms. The number of ketones is 2. The lowest BCUT2D eigenvalue weighted by molar-refractivity contribution is -0.175. The SMILES string of the molecule is C=C1CC[C@@H]2CCC(=O)[C@](O)(C(=O)C/C(C)=C/[C@@H](O)C1)C2(C)C. The minimum Gasteiger partial charge on any atom is -0.389 e. The van der Waals surface area contributed by atoms with Crippen molar-refractivity contribution in [3.8, 4) is 0 Å². The van der Waals surface area contributed by atoms with Crippen molar-refractivity contribution in [3.05, 3.63) is 23.8 Å². The number of allylic oxidation sites excluding steroid dienone is 1. The number of carbonyl (C=O) groups is 2. The number of hydrogen-bond acceptors (Lipinski definition) is 4. The fourth-order valence-electron chi connectivity index (χ4n) is 4.13. The van der Waals surface area contributed by atoms with Crippen molar-refractivity contribution in [2.45, 2.75) is 71.0 Å². The molecule has 2 aliphatic rings. The molecule has 0 aromatic rings. The molecule has 0 saturated heterocycles. The maximum Gasteiger partial charge on any atom is 0.186 e. The van der Waals surface area contributed by atoms with Crippen molar-refractivity contribution in [2.75, 3.05) is 0 Å². The van der Waals surface area contributed by atoms with E-state index in [9.17, 15) is 19.8 Å². The molecule has 2 aliphatic carbocycles. The highest BCUT2D eigenvalue weighted by molar-refractivity contribution is 6.12. The van der Waals surface area contributed by atoms with Gasteiger partial charge in [0.1, 0.15) is 0 Å². The van der Waals surface area contributed by atoms with E-state index in [1.54, 1.807) is 13.0 Å². The first-order chi connectivity index (χ1) is 10.6. The summed E-state index contributed by atoms with van der Waals surface area (Å²) in [5.74, 6) is -0.739. The minimum atomic E-state index is -1.93. The molecule has 0 radical (unpaired) electrons. The van der Waals surface area contributed by atoms with E-state index in [2.05, 4.69) is 6.58 Å². The van der Waals surface area contributed by atoms with Crippen LogP contribution in [0.25, 0.3) is 0 Å². The van der Waals surface area contributed by atoms with E-state index in [4.69, 9.17) is 0 Å². The van der Waals surface area contributed by atoms with E-state index in [0.717, 1.165) is 18.4 Å². The second-order valence-corrected chi connectivity index (χ2v) is 7.76. The number of Topliss-reactive ketones (excluding diaryl/α,β-unsaturated/α-hetero) is 2. The maximum absolute atomic E-state index is 12.8. The Morgan fingerprint density at radius 3 is 2.43 bits per heavy atom. The van der Waals surface area contributed by atoms with Crippen LogP contribution in [0.15, 0.2) is 23.8 Å². The first-order valence-corrected chi connectivity index (χ1v) is 8.40. The number of carbonyl (C=O) groups excluding carboxylic acids is 2. The van der Waals surface area contributed by atoms with Crippen LogP contribution in [-0.4, -0.2) is 33.5 Å². The predicted octanol–water partition coefficient (Wildman–Crippen LogP) is 2.73. The zero-order valence-corrected chi connectivity index (χ0v) is 14.4. The molecule has 0 heterocycles. The van der Waals surface area contributed by atoms with E-state index >= 15 is 0 Å². The van der Waals surface area contributed by atoms with Crippen LogP contribution < -0.4 is 0 Å². The van der Waals surface area contributed by atoms with Crippen molar-refractivity contribution >= 4 is 11.6 Å². The molecule has 4 nitrogen and oxygen atoms in total. The lowest BCUT2D eigenvalue weighted by atomic mass is 9.56. The Kier molecular flexibility index (Phi) is 4.97. The molecule has 0 aromatic carbocycles. The summed E-state index contributed by atoms with van der Waals surface area (Å²) in [5, 5.41) is 21.2. The quantitative estimate of drug-likeness (QED) is 0.531. The molecule has 0 unspecified atom stereocenters. The summed E-state index contributed by atoms with van der Waals surface area (Å²) in [7, 11) is 0. The van der Waals surface area contributed by atoms with Gasteiger partial charge >= 0.3 is 0 Å². The maximum atomic E-state index is 12.8. The van der Waals surface area contributed by atoms with Crippen LogP contribution in [0.4, 0.5) is 0 Å². The van der Waals surface area contributed by atoms with Crippen molar-refractivity contribution in [1.29, 1.82) is 0 Å². The highest BCUT2D eigenvalue weighted by Gasteiger charge is 2.59. The number of aliphatic hydroxyl groups excluding tert-OH is 1. The van der Waals surface area contributed by atoms with Gasteiger partial charge in [-0.1, -0.05) is 37.6 Å². The Balaban J connectivity index is 2.46. The van der Waals surface area contributed by atoms with E-state index in [1.807, 2.05) is 13.8 Å². The van der Waals surface area contributed by atoms with Gasteiger partial charge in [0.15, 0.2) is 17.2 Å². The molecule has 1 fully saturated rings. The van der Waals surface area contributed by atoms with Gasteiger partial charge in [0, 0.05) is 18.3 Å². The van der Waals surface area contributed by atoms with E-state index in [-0.39, 0.29) is 24.5 Å². The van der Waals surface area contributed by atoms with Gasteiger partial charge < -0.3 is 10.2 Å². The number of rotatable bonds is 0. The van der Waals surface area contributed by atoms with Gasteiger partial charge in [0.2, 0.25) is 0 Å². The smallest absolute Gasteiger partial charge is 0.186 e. The standard InChI is InChI=1S/C19H28O4/c1-12-5-6-14-7-8-16(21)19(23,18(14,3)4)17(22)11-13(2)10-15(20)9-12/h10,14-15,20,23H,1,5-9,11H2,2-4H3/b13-10+/t14-,15+,19+/m1/s1. The molecule has 23 heavy (non-hydrogen) atoms. The molecule has 4 heteroatoms. The van der Waals surface area contributed by atoms with Gasteiger partial charge in [-0.3, -0.25) is 9.59 Å². The summed E-state index contributed by atoms with van der Waals surface area (Å²) < 4.78 is 0. The second kappa shape index (κ2) is 6.33. The van der Waals surface area contributed by atoms with Crippen LogP contribution in [0.5, 0.6) is 0 Å². The normalized spacial score (nSPS) is 38.3. The van der Waals surface area contributed by atoms with Gasteiger partial charge in [-0.05, 0) is 38.5 Å². The number of fused-ring (bicyclic) bond motifs is 2. The lowest BCUT2D eigenvalue weighted by Gasteiger charge is -2.49. The molecule has 0 aliphatic heterocycles. The topological polar surface area (TPSA) is 74.6 Å². The third-order valence-corrected chi connectivity index (χ3v) is 5.74. The molecule has 2 rings (SSSR count). The van der Waals surface area contributed by atoms with Gasteiger partial charge in [0.25, 0.3) is 0 Å².